The van der Waals surface area contributed by atoms with Crippen LogP contribution in [-0.2, 0) is 28.6 Å². The van der Waals surface area contributed by atoms with Gasteiger partial charge in [0.15, 0.2) is 18.5 Å². The third kappa shape index (κ3) is 3.71. The fourth-order valence-electron chi connectivity index (χ4n) is 3.89. The van der Waals surface area contributed by atoms with Crippen LogP contribution >= 0.6 is 0 Å². The Morgan fingerprint density at radius 1 is 1.19 bits per heavy atom. The van der Waals surface area contributed by atoms with Crippen molar-refractivity contribution in [3.63, 3.8) is 0 Å². The van der Waals surface area contributed by atoms with E-state index >= 15 is 0 Å². The van der Waals surface area contributed by atoms with Crippen LogP contribution in [0.25, 0.3) is 0 Å². The molecule has 146 valence electrons. The Bertz CT molecular complexity index is 560. The van der Waals surface area contributed by atoms with Gasteiger partial charge in [-0.3, -0.25) is 9.59 Å². The van der Waals surface area contributed by atoms with Crippen LogP contribution in [0.3, 0.4) is 0 Å². The molecule has 0 aromatic rings. The van der Waals surface area contributed by atoms with Gasteiger partial charge in [0.1, 0.15) is 6.04 Å². The lowest BCUT2D eigenvalue weighted by atomic mass is 10.0. The molecule has 0 aliphatic carbocycles. The molecule has 3 fully saturated rings. The average molecular weight is 368 g/mol. The molecule has 2 bridgehead atoms. The van der Waals surface area contributed by atoms with E-state index in [0.717, 1.165) is 19.3 Å². The summed E-state index contributed by atoms with van der Waals surface area (Å²) in [5.74, 6) is -0.803. The van der Waals surface area contributed by atoms with E-state index in [-0.39, 0.29) is 24.3 Å². The van der Waals surface area contributed by atoms with E-state index in [1.807, 2.05) is 13.8 Å². The number of fused-ring (bicyclic) bond motifs is 2. The second-order valence-electron chi connectivity index (χ2n) is 7.59. The minimum Gasteiger partial charge on any atom is -0.467 e. The first-order valence-corrected chi connectivity index (χ1v) is 9.40. The number of likely N-dealkylation sites (tertiary alicyclic amines) is 1. The van der Waals surface area contributed by atoms with Gasteiger partial charge in [-0.15, -0.1) is 0 Å². The van der Waals surface area contributed by atoms with Crippen LogP contribution in [0.15, 0.2) is 0 Å². The largest absolute Gasteiger partial charge is 0.467 e. The number of esters is 1. The second kappa shape index (κ2) is 7.92. The van der Waals surface area contributed by atoms with Crippen LogP contribution in [0.1, 0.15) is 39.5 Å². The molecule has 0 aromatic carbocycles. The van der Waals surface area contributed by atoms with E-state index in [0.29, 0.717) is 19.5 Å². The number of amides is 2. The minimum absolute atomic E-state index is 0.131. The highest BCUT2D eigenvalue weighted by molar-refractivity contribution is 5.94. The summed E-state index contributed by atoms with van der Waals surface area (Å²) in [5.41, 5.74) is 0. The van der Waals surface area contributed by atoms with Gasteiger partial charge in [0.05, 0.1) is 13.7 Å². The number of methoxy groups -OCH3 is 1. The fourth-order valence-corrected chi connectivity index (χ4v) is 3.89. The van der Waals surface area contributed by atoms with Crippen molar-refractivity contribution in [2.45, 2.75) is 64.1 Å². The molecule has 3 rings (SSSR count). The topological polar surface area (TPSA) is 85.4 Å². The number of carbonyl (C=O) groups excluding carboxylic acids is 3. The molecule has 26 heavy (non-hydrogen) atoms. The van der Waals surface area contributed by atoms with Gasteiger partial charge in [0.2, 0.25) is 0 Å². The molecule has 8 heteroatoms. The molecule has 4 atom stereocenters. The monoisotopic (exact) mass is 368 g/mol. The van der Waals surface area contributed by atoms with Crippen molar-refractivity contribution in [2.75, 3.05) is 26.7 Å². The van der Waals surface area contributed by atoms with Crippen LogP contribution in [0, 0.1) is 5.92 Å². The molecule has 3 aliphatic heterocycles. The Balaban J connectivity index is 1.75. The molecule has 0 aromatic heterocycles. The second-order valence-corrected chi connectivity index (χ2v) is 7.59. The van der Waals surface area contributed by atoms with Gasteiger partial charge in [-0.05, 0) is 31.6 Å². The standard InChI is InChI=1S/C18H28N2O6/c1-11(2)9-12(18(23)24-3)20-10-13-25-14(15(26-13)17(20)22)16(21)19-7-5-4-6-8-19/h11-15H,4-10H2,1-3H3/t12-,13-,14+,15-/m0/s1. The number of piperidine rings is 1. The zero-order valence-electron chi connectivity index (χ0n) is 15.7. The van der Waals surface area contributed by atoms with Crippen molar-refractivity contribution >= 4 is 17.8 Å². The Hall–Kier alpha value is -1.67. The molecule has 0 spiro atoms. The number of hydrogen-bond donors (Lipinski definition) is 0. The number of rotatable bonds is 5. The highest BCUT2D eigenvalue weighted by Gasteiger charge is 2.54. The van der Waals surface area contributed by atoms with Gasteiger partial charge < -0.3 is 24.0 Å². The summed E-state index contributed by atoms with van der Waals surface area (Å²) in [7, 11) is 1.31. The number of morpholine rings is 1. The van der Waals surface area contributed by atoms with E-state index in [9.17, 15) is 14.4 Å². The maximum Gasteiger partial charge on any atom is 0.328 e. The van der Waals surface area contributed by atoms with Gasteiger partial charge in [-0.25, -0.2) is 4.79 Å². The summed E-state index contributed by atoms with van der Waals surface area (Å²) < 4.78 is 16.2. The van der Waals surface area contributed by atoms with E-state index in [2.05, 4.69) is 0 Å². The van der Waals surface area contributed by atoms with Crippen LogP contribution in [0.4, 0.5) is 0 Å². The van der Waals surface area contributed by atoms with Crippen molar-refractivity contribution in [3.8, 4) is 0 Å². The van der Waals surface area contributed by atoms with E-state index in [4.69, 9.17) is 14.2 Å². The maximum absolute atomic E-state index is 13.0. The first kappa shape index (κ1) is 19.1. The Morgan fingerprint density at radius 2 is 1.88 bits per heavy atom. The van der Waals surface area contributed by atoms with E-state index in [1.54, 1.807) is 4.90 Å². The Labute approximate surface area is 153 Å². The number of ether oxygens (including phenoxy) is 3. The Kier molecular flexibility index (Phi) is 5.82. The van der Waals surface area contributed by atoms with Gasteiger partial charge in [-0.2, -0.15) is 0 Å². The molecule has 0 saturated carbocycles. The minimum atomic E-state index is -0.984. The molecule has 3 aliphatic rings. The normalized spacial score (nSPS) is 29.8. The predicted octanol–water partition coefficient (Wildman–Crippen LogP) is 0.539. The van der Waals surface area contributed by atoms with Crippen LogP contribution in [0.2, 0.25) is 0 Å². The van der Waals surface area contributed by atoms with Gasteiger partial charge in [0, 0.05) is 13.1 Å². The molecule has 3 saturated heterocycles. The van der Waals surface area contributed by atoms with Crippen LogP contribution in [0.5, 0.6) is 0 Å². The lowest BCUT2D eigenvalue weighted by Crippen LogP contribution is -2.57. The van der Waals surface area contributed by atoms with Crippen molar-refractivity contribution in [1.82, 2.24) is 9.80 Å². The third-order valence-corrected chi connectivity index (χ3v) is 5.20. The maximum atomic E-state index is 13.0. The first-order valence-electron chi connectivity index (χ1n) is 9.40. The molecule has 8 nitrogen and oxygen atoms in total. The Morgan fingerprint density at radius 3 is 2.50 bits per heavy atom. The first-order chi connectivity index (χ1) is 12.4. The van der Waals surface area contributed by atoms with E-state index < -0.39 is 30.5 Å². The number of hydrogen-bond acceptors (Lipinski definition) is 6. The number of nitrogens with zero attached hydrogens (tertiary/aromatic N) is 2. The van der Waals surface area contributed by atoms with Gasteiger partial charge >= 0.3 is 5.97 Å². The van der Waals surface area contributed by atoms with Gasteiger partial charge in [0.25, 0.3) is 11.8 Å². The lowest BCUT2D eigenvalue weighted by Gasteiger charge is -2.36. The summed E-state index contributed by atoms with van der Waals surface area (Å²) in [6.45, 7) is 5.47. The zero-order valence-corrected chi connectivity index (χ0v) is 15.7. The quantitative estimate of drug-likeness (QED) is 0.659. The van der Waals surface area contributed by atoms with Crippen molar-refractivity contribution in [1.29, 1.82) is 0 Å². The molecule has 2 amide bonds. The van der Waals surface area contributed by atoms with Gasteiger partial charge in [-0.1, -0.05) is 13.8 Å². The highest BCUT2D eigenvalue weighted by Crippen LogP contribution is 2.31. The van der Waals surface area contributed by atoms with Crippen LogP contribution < -0.4 is 0 Å². The lowest BCUT2D eigenvalue weighted by molar-refractivity contribution is -0.174. The smallest absolute Gasteiger partial charge is 0.328 e. The molecular weight excluding hydrogens is 340 g/mol. The summed E-state index contributed by atoms with van der Waals surface area (Å²) >= 11 is 0. The molecule has 0 N–H and O–H groups in total. The molecule has 0 unspecified atom stereocenters. The average Bonchev–Trinajstić information content (AvgIpc) is 3.01. The van der Waals surface area contributed by atoms with Crippen molar-refractivity contribution < 1.29 is 28.6 Å². The predicted molar refractivity (Wildman–Crippen MR) is 90.9 cm³/mol. The van der Waals surface area contributed by atoms with E-state index in [1.165, 1.54) is 12.0 Å². The molecular formula is C18H28N2O6. The SMILES string of the molecule is COC(=O)[C@H](CC(C)C)N1C[C@@H]2O[C@H](C1=O)[C@H](C(=O)N1CCCCC1)O2. The summed E-state index contributed by atoms with van der Waals surface area (Å²) in [4.78, 5) is 41.2. The van der Waals surface area contributed by atoms with Crippen LogP contribution in [-0.4, -0.2) is 78.9 Å². The highest BCUT2D eigenvalue weighted by atomic mass is 16.7. The summed E-state index contributed by atoms with van der Waals surface area (Å²) in [6, 6.07) is -0.686. The van der Waals surface area contributed by atoms with Crippen molar-refractivity contribution in [3.05, 3.63) is 0 Å². The summed E-state index contributed by atoms with van der Waals surface area (Å²) in [6.07, 6.45) is 0.938. The summed E-state index contributed by atoms with van der Waals surface area (Å²) in [5, 5.41) is 0. The third-order valence-electron chi connectivity index (χ3n) is 5.20. The molecule has 0 radical (unpaired) electrons. The molecule has 3 heterocycles. The number of carbonyl (C=O) groups is 3. The fraction of sp³-hybridized carbons (Fsp3) is 0.833. The zero-order chi connectivity index (χ0) is 18.8. The van der Waals surface area contributed by atoms with Crippen molar-refractivity contribution in [2.24, 2.45) is 5.92 Å².